The van der Waals surface area contributed by atoms with E-state index in [1.807, 2.05) is 29.0 Å². The van der Waals surface area contributed by atoms with Gasteiger partial charge in [-0.25, -0.2) is 4.98 Å². The summed E-state index contributed by atoms with van der Waals surface area (Å²) in [5, 5.41) is 2.94. The largest absolute Gasteiger partial charge is 0.354 e. The normalized spacial score (nSPS) is 17.1. The predicted molar refractivity (Wildman–Crippen MR) is 92.4 cm³/mol. The molecule has 0 aliphatic carbocycles. The second-order valence-corrected chi connectivity index (χ2v) is 6.18. The van der Waals surface area contributed by atoms with Crippen molar-refractivity contribution in [1.29, 1.82) is 0 Å². The number of carbonyl (C=O) groups is 2. The van der Waals surface area contributed by atoms with Gasteiger partial charge in [0.05, 0.1) is 18.2 Å². The molecule has 0 spiro atoms. The zero-order valence-electron chi connectivity index (χ0n) is 14.4. The highest BCUT2D eigenvalue weighted by Crippen LogP contribution is 2.19. The number of nitrogens with one attached hydrogen (secondary N) is 1. The van der Waals surface area contributed by atoms with Gasteiger partial charge in [0.25, 0.3) is 0 Å². The lowest BCUT2D eigenvalue weighted by molar-refractivity contribution is -0.129. The number of aryl methyl sites for hydroxylation is 1. The summed E-state index contributed by atoms with van der Waals surface area (Å²) in [6, 6.07) is 5.63. The minimum Gasteiger partial charge on any atom is -0.354 e. The molecule has 1 fully saturated rings. The Morgan fingerprint density at radius 1 is 1.32 bits per heavy atom. The summed E-state index contributed by atoms with van der Waals surface area (Å²) in [5.74, 6) is 0.667. The Kier molecular flexibility index (Phi) is 5.42. The van der Waals surface area contributed by atoms with Gasteiger partial charge in [-0.3, -0.25) is 14.6 Å². The first-order valence-electron chi connectivity index (χ1n) is 8.62. The van der Waals surface area contributed by atoms with E-state index in [4.69, 9.17) is 0 Å². The second-order valence-electron chi connectivity index (χ2n) is 6.18. The Bertz CT molecular complexity index is 728. The zero-order chi connectivity index (χ0) is 17.6. The summed E-state index contributed by atoms with van der Waals surface area (Å²) < 4.78 is 2.04. The van der Waals surface area contributed by atoms with Crippen molar-refractivity contribution in [2.24, 2.45) is 5.92 Å². The van der Waals surface area contributed by atoms with Crippen LogP contribution >= 0.6 is 0 Å². The van der Waals surface area contributed by atoms with E-state index in [0.29, 0.717) is 26.2 Å². The number of hydrogen-bond donors (Lipinski definition) is 1. The van der Waals surface area contributed by atoms with E-state index in [-0.39, 0.29) is 24.2 Å². The maximum absolute atomic E-state index is 12.3. The number of aromatic nitrogens is 3. The third-order valence-corrected chi connectivity index (χ3v) is 4.43. The summed E-state index contributed by atoms with van der Waals surface area (Å²) in [6.07, 6.45) is 6.52. The predicted octanol–water partition coefficient (Wildman–Crippen LogP) is 1.01. The molecule has 0 aromatic carbocycles. The van der Waals surface area contributed by atoms with Crippen LogP contribution in [0.1, 0.15) is 24.9 Å². The second kappa shape index (κ2) is 7.92. The molecule has 3 rings (SSSR count). The Morgan fingerprint density at radius 2 is 2.20 bits per heavy atom. The van der Waals surface area contributed by atoms with Crippen LogP contribution in [0.3, 0.4) is 0 Å². The number of likely N-dealkylation sites (tertiary alicyclic amines) is 1. The Balaban J connectivity index is 1.47. The molecule has 0 radical (unpaired) electrons. The Morgan fingerprint density at radius 3 is 2.96 bits per heavy atom. The lowest BCUT2D eigenvalue weighted by Crippen LogP contribution is -2.34. The van der Waals surface area contributed by atoms with Gasteiger partial charge in [0.15, 0.2) is 0 Å². The Labute approximate surface area is 147 Å². The molecule has 7 nitrogen and oxygen atoms in total. The monoisotopic (exact) mass is 341 g/mol. The van der Waals surface area contributed by atoms with Crippen LogP contribution in [0.4, 0.5) is 0 Å². The van der Waals surface area contributed by atoms with Gasteiger partial charge >= 0.3 is 0 Å². The van der Waals surface area contributed by atoms with Crippen molar-refractivity contribution in [3.63, 3.8) is 0 Å². The highest BCUT2D eigenvalue weighted by molar-refractivity contribution is 5.89. The highest BCUT2D eigenvalue weighted by atomic mass is 16.2. The van der Waals surface area contributed by atoms with Crippen molar-refractivity contribution in [2.75, 3.05) is 13.1 Å². The first-order valence-corrected chi connectivity index (χ1v) is 8.62. The molecule has 0 unspecified atom stereocenters. The lowest BCUT2D eigenvalue weighted by Gasteiger charge is -2.16. The highest BCUT2D eigenvalue weighted by Gasteiger charge is 2.34. The smallest absolute Gasteiger partial charge is 0.225 e. The van der Waals surface area contributed by atoms with E-state index in [0.717, 1.165) is 17.9 Å². The summed E-state index contributed by atoms with van der Waals surface area (Å²) in [5.41, 5.74) is 0.837. The molecule has 132 valence electrons. The molecular weight excluding hydrogens is 318 g/mol. The van der Waals surface area contributed by atoms with Crippen LogP contribution in [0.15, 0.2) is 36.8 Å². The van der Waals surface area contributed by atoms with E-state index in [1.165, 1.54) is 0 Å². The van der Waals surface area contributed by atoms with Gasteiger partial charge in [0, 0.05) is 51.1 Å². The molecule has 3 heterocycles. The van der Waals surface area contributed by atoms with Crippen LogP contribution in [-0.2, 0) is 29.1 Å². The first-order chi connectivity index (χ1) is 12.2. The van der Waals surface area contributed by atoms with Crippen molar-refractivity contribution < 1.29 is 9.59 Å². The van der Waals surface area contributed by atoms with Gasteiger partial charge < -0.3 is 14.8 Å². The van der Waals surface area contributed by atoms with Gasteiger partial charge in [-0.05, 0) is 12.1 Å². The fraction of sp³-hybridized carbons (Fsp3) is 0.444. The van der Waals surface area contributed by atoms with Gasteiger partial charge in [-0.2, -0.15) is 0 Å². The van der Waals surface area contributed by atoms with Crippen LogP contribution in [-0.4, -0.2) is 44.3 Å². The van der Waals surface area contributed by atoms with Crippen LogP contribution in [0.5, 0.6) is 0 Å². The minimum absolute atomic E-state index is 0.00804. The quantitative estimate of drug-likeness (QED) is 0.815. The number of rotatable bonds is 7. The molecule has 1 atom stereocenters. The molecule has 1 N–H and O–H groups in total. The number of imidazole rings is 1. The number of amides is 2. The van der Waals surface area contributed by atoms with Crippen molar-refractivity contribution in [3.8, 4) is 0 Å². The molecule has 1 aliphatic heterocycles. The number of pyridine rings is 1. The molecule has 0 bridgehead atoms. The average molecular weight is 341 g/mol. The molecule has 7 heteroatoms. The number of hydrogen-bond acceptors (Lipinski definition) is 4. The maximum Gasteiger partial charge on any atom is 0.225 e. The third kappa shape index (κ3) is 4.23. The van der Waals surface area contributed by atoms with Gasteiger partial charge in [-0.1, -0.05) is 13.0 Å². The van der Waals surface area contributed by atoms with E-state index in [2.05, 4.69) is 22.2 Å². The topological polar surface area (TPSA) is 80.1 Å². The molecule has 1 aliphatic rings. The molecule has 1 saturated heterocycles. The van der Waals surface area contributed by atoms with Gasteiger partial charge in [-0.15, -0.1) is 0 Å². The van der Waals surface area contributed by atoms with Crippen LogP contribution in [0.2, 0.25) is 0 Å². The molecule has 2 aromatic heterocycles. The Hall–Kier alpha value is -2.70. The summed E-state index contributed by atoms with van der Waals surface area (Å²) in [7, 11) is 0. The SMILES string of the molecule is CCc1nccn1CCNC(=O)[C@H]1CC(=O)N(Cc2ccccn2)C1. The molecule has 2 aromatic rings. The molecule has 25 heavy (non-hydrogen) atoms. The minimum atomic E-state index is -0.287. The fourth-order valence-corrected chi connectivity index (χ4v) is 3.09. The zero-order valence-corrected chi connectivity index (χ0v) is 14.4. The van der Waals surface area contributed by atoms with Crippen LogP contribution in [0.25, 0.3) is 0 Å². The standard InChI is InChI=1S/C18H23N5O2/c1-2-16-20-7-9-22(16)10-8-21-18(25)14-11-17(24)23(12-14)13-15-5-3-4-6-19-15/h3-7,9,14H,2,8,10-13H2,1H3,(H,21,25)/t14-/m0/s1. The van der Waals surface area contributed by atoms with E-state index in [1.54, 1.807) is 17.3 Å². The van der Waals surface area contributed by atoms with Crippen molar-refractivity contribution in [3.05, 3.63) is 48.3 Å². The van der Waals surface area contributed by atoms with E-state index >= 15 is 0 Å². The van der Waals surface area contributed by atoms with E-state index < -0.39 is 0 Å². The average Bonchev–Trinajstić information content (AvgIpc) is 3.22. The van der Waals surface area contributed by atoms with Gasteiger partial charge in [0.1, 0.15) is 5.82 Å². The summed E-state index contributed by atoms with van der Waals surface area (Å²) >= 11 is 0. The lowest BCUT2D eigenvalue weighted by atomic mass is 10.1. The number of carbonyl (C=O) groups excluding carboxylic acids is 2. The molecule has 2 amide bonds. The van der Waals surface area contributed by atoms with Crippen molar-refractivity contribution in [1.82, 2.24) is 24.8 Å². The van der Waals surface area contributed by atoms with Crippen molar-refractivity contribution >= 4 is 11.8 Å². The van der Waals surface area contributed by atoms with Gasteiger partial charge in [0.2, 0.25) is 11.8 Å². The maximum atomic E-state index is 12.3. The van der Waals surface area contributed by atoms with E-state index in [9.17, 15) is 9.59 Å². The summed E-state index contributed by atoms with van der Waals surface area (Å²) in [6.45, 7) is 4.18. The fourth-order valence-electron chi connectivity index (χ4n) is 3.09. The molecule has 0 saturated carbocycles. The van der Waals surface area contributed by atoms with Crippen LogP contribution < -0.4 is 5.32 Å². The van der Waals surface area contributed by atoms with Crippen LogP contribution in [0, 0.1) is 5.92 Å². The molecular formula is C18H23N5O2. The van der Waals surface area contributed by atoms with Crippen molar-refractivity contribution in [2.45, 2.75) is 32.9 Å². The number of nitrogens with zero attached hydrogens (tertiary/aromatic N) is 4. The first kappa shape index (κ1) is 17.1. The summed E-state index contributed by atoms with van der Waals surface area (Å²) in [4.78, 5) is 34.7. The third-order valence-electron chi connectivity index (χ3n) is 4.43.